The van der Waals surface area contributed by atoms with Gasteiger partial charge in [0.2, 0.25) is 11.8 Å². The maximum absolute atomic E-state index is 11.6. The zero-order chi connectivity index (χ0) is 12.3. The van der Waals surface area contributed by atoms with Crippen LogP contribution in [0, 0.1) is 0 Å². The third kappa shape index (κ3) is 3.06. The van der Waals surface area contributed by atoms with Crippen LogP contribution in [0.3, 0.4) is 0 Å². The summed E-state index contributed by atoms with van der Waals surface area (Å²) in [6, 6.07) is -0.304. The first-order valence-electron chi connectivity index (χ1n) is 5.79. The van der Waals surface area contributed by atoms with Gasteiger partial charge in [0, 0.05) is 12.1 Å². The topological polar surface area (TPSA) is 58.2 Å². The SMILES string of the molecule is CC1=CC=CC(NC2CCC(=O)NC2=O)=CC1. The van der Waals surface area contributed by atoms with Crippen molar-refractivity contribution in [2.45, 2.75) is 32.2 Å². The van der Waals surface area contributed by atoms with Crippen molar-refractivity contribution in [2.24, 2.45) is 0 Å². The Kier molecular flexibility index (Phi) is 3.42. The van der Waals surface area contributed by atoms with Gasteiger partial charge in [-0.15, -0.1) is 0 Å². The Bertz CT molecular complexity index is 433. The molecule has 1 unspecified atom stereocenters. The van der Waals surface area contributed by atoms with E-state index < -0.39 is 0 Å². The third-order valence-corrected chi connectivity index (χ3v) is 2.88. The van der Waals surface area contributed by atoms with E-state index in [0.29, 0.717) is 12.8 Å². The van der Waals surface area contributed by atoms with Crippen molar-refractivity contribution in [1.29, 1.82) is 0 Å². The molecule has 2 amide bonds. The molecule has 0 aromatic rings. The summed E-state index contributed by atoms with van der Waals surface area (Å²) >= 11 is 0. The summed E-state index contributed by atoms with van der Waals surface area (Å²) in [5.74, 6) is -0.416. The highest BCUT2D eigenvalue weighted by atomic mass is 16.2. The van der Waals surface area contributed by atoms with Gasteiger partial charge in [-0.1, -0.05) is 23.8 Å². The summed E-state index contributed by atoms with van der Waals surface area (Å²) in [6.07, 6.45) is 9.85. The minimum absolute atomic E-state index is 0.184. The van der Waals surface area contributed by atoms with E-state index in [0.717, 1.165) is 12.1 Å². The normalized spacial score (nSPS) is 24.6. The Labute approximate surface area is 100 Å². The molecule has 1 aliphatic heterocycles. The van der Waals surface area contributed by atoms with Gasteiger partial charge in [-0.2, -0.15) is 0 Å². The molecule has 2 aliphatic rings. The molecule has 1 saturated heterocycles. The van der Waals surface area contributed by atoms with Crippen LogP contribution in [0.1, 0.15) is 26.2 Å². The van der Waals surface area contributed by atoms with Gasteiger partial charge in [0.15, 0.2) is 0 Å². The van der Waals surface area contributed by atoms with E-state index >= 15 is 0 Å². The number of hydrogen-bond acceptors (Lipinski definition) is 3. The smallest absolute Gasteiger partial charge is 0.249 e. The molecule has 4 heteroatoms. The highest BCUT2D eigenvalue weighted by Crippen LogP contribution is 2.12. The van der Waals surface area contributed by atoms with Crippen LogP contribution in [0.25, 0.3) is 0 Å². The quantitative estimate of drug-likeness (QED) is 0.703. The van der Waals surface area contributed by atoms with E-state index in [9.17, 15) is 9.59 Å². The minimum atomic E-state index is -0.304. The van der Waals surface area contributed by atoms with Crippen molar-refractivity contribution < 1.29 is 9.59 Å². The molecule has 0 aromatic heterocycles. The van der Waals surface area contributed by atoms with Crippen LogP contribution >= 0.6 is 0 Å². The van der Waals surface area contributed by atoms with Crippen LogP contribution in [0.15, 0.2) is 35.6 Å². The highest BCUT2D eigenvalue weighted by Gasteiger charge is 2.26. The average Bonchev–Trinajstić information content (AvgIpc) is 2.48. The lowest BCUT2D eigenvalue weighted by Gasteiger charge is -2.23. The second kappa shape index (κ2) is 4.99. The molecule has 0 spiro atoms. The molecule has 17 heavy (non-hydrogen) atoms. The third-order valence-electron chi connectivity index (χ3n) is 2.88. The number of allylic oxidation sites excluding steroid dienone is 5. The van der Waals surface area contributed by atoms with E-state index in [1.807, 2.05) is 12.2 Å². The molecule has 0 radical (unpaired) electrons. The van der Waals surface area contributed by atoms with Crippen molar-refractivity contribution in [3.05, 3.63) is 35.6 Å². The highest BCUT2D eigenvalue weighted by molar-refractivity contribution is 6.00. The average molecular weight is 232 g/mol. The zero-order valence-electron chi connectivity index (χ0n) is 9.82. The summed E-state index contributed by atoms with van der Waals surface area (Å²) in [5.41, 5.74) is 2.22. The number of piperidine rings is 1. The predicted octanol–water partition coefficient (Wildman–Crippen LogP) is 1.17. The van der Waals surface area contributed by atoms with E-state index in [4.69, 9.17) is 0 Å². The molecular weight excluding hydrogens is 216 g/mol. The van der Waals surface area contributed by atoms with E-state index in [-0.39, 0.29) is 17.9 Å². The first-order chi connectivity index (χ1) is 8.15. The minimum Gasteiger partial charge on any atom is -0.374 e. The van der Waals surface area contributed by atoms with Crippen LogP contribution in [0.4, 0.5) is 0 Å². The fourth-order valence-electron chi connectivity index (χ4n) is 1.86. The Hall–Kier alpha value is -1.84. The van der Waals surface area contributed by atoms with Gasteiger partial charge in [0.05, 0.1) is 0 Å². The number of amides is 2. The fourth-order valence-corrected chi connectivity index (χ4v) is 1.86. The zero-order valence-corrected chi connectivity index (χ0v) is 9.82. The Morgan fingerprint density at radius 2 is 2.24 bits per heavy atom. The van der Waals surface area contributed by atoms with Gasteiger partial charge < -0.3 is 5.32 Å². The predicted molar refractivity (Wildman–Crippen MR) is 64.9 cm³/mol. The Balaban J connectivity index is 1.98. The number of carbonyl (C=O) groups is 2. The molecule has 1 fully saturated rings. The molecule has 0 bridgehead atoms. The van der Waals surface area contributed by atoms with Gasteiger partial charge in [-0.25, -0.2) is 0 Å². The fraction of sp³-hybridized carbons (Fsp3) is 0.385. The molecule has 1 atom stereocenters. The summed E-state index contributed by atoms with van der Waals surface area (Å²) in [6.45, 7) is 2.07. The number of carbonyl (C=O) groups excluding carboxylic acids is 2. The lowest BCUT2D eigenvalue weighted by atomic mass is 10.1. The monoisotopic (exact) mass is 232 g/mol. The second-order valence-electron chi connectivity index (χ2n) is 4.38. The molecule has 90 valence electrons. The maximum Gasteiger partial charge on any atom is 0.249 e. The van der Waals surface area contributed by atoms with Crippen LogP contribution < -0.4 is 10.6 Å². The van der Waals surface area contributed by atoms with Gasteiger partial charge in [-0.05, 0) is 25.8 Å². The molecule has 1 heterocycles. The summed E-state index contributed by atoms with van der Waals surface area (Å²) < 4.78 is 0. The molecule has 1 aliphatic carbocycles. The number of rotatable bonds is 2. The first-order valence-corrected chi connectivity index (χ1v) is 5.79. The molecule has 0 saturated carbocycles. The lowest BCUT2D eigenvalue weighted by molar-refractivity contribution is -0.134. The van der Waals surface area contributed by atoms with E-state index in [2.05, 4.69) is 29.7 Å². The van der Waals surface area contributed by atoms with Crippen molar-refractivity contribution in [3.63, 3.8) is 0 Å². The maximum atomic E-state index is 11.6. The molecule has 2 rings (SSSR count). The van der Waals surface area contributed by atoms with E-state index in [1.54, 1.807) is 0 Å². The lowest BCUT2D eigenvalue weighted by Crippen LogP contribution is -2.50. The molecule has 2 N–H and O–H groups in total. The van der Waals surface area contributed by atoms with Crippen LogP contribution in [-0.4, -0.2) is 17.9 Å². The standard InChI is InChI=1S/C13H16N2O2/c1-9-3-2-4-10(6-5-9)14-11-7-8-12(16)15-13(11)17/h2-4,6,11,14H,5,7-8H2,1H3,(H,15,16,17). The van der Waals surface area contributed by atoms with E-state index in [1.165, 1.54) is 5.57 Å². The summed E-state index contributed by atoms with van der Waals surface area (Å²) in [4.78, 5) is 22.6. The number of nitrogens with one attached hydrogen (secondary N) is 2. The van der Waals surface area contributed by atoms with Crippen molar-refractivity contribution >= 4 is 11.8 Å². The molecular formula is C13H16N2O2. The van der Waals surface area contributed by atoms with Gasteiger partial charge in [0.25, 0.3) is 0 Å². The van der Waals surface area contributed by atoms with Gasteiger partial charge >= 0.3 is 0 Å². The van der Waals surface area contributed by atoms with Crippen molar-refractivity contribution in [1.82, 2.24) is 10.6 Å². The summed E-state index contributed by atoms with van der Waals surface area (Å²) in [5, 5.41) is 5.50. The Morgan fingerprint density at radius 1 is 1.41 bits per heavy atom. The number of imide groups is 1. The summed E-state index contributed by atoms with van der Waals surface area (Å²) in [7, 11) is 0. The van der Waals surface area contributed by atoms with Crippen LogP contribution in [0.5, 0.6) is 0 Å². The second-order valence-corrected chi connectivity index (χ2v) is 4.38. The van der Waals surface area contributed by atoms with Crippen molar-refractivity contribution in [2.75, 3.05) is 0 Å². The molecule has 0 aromatic carbocycles. The first kappa shape index (κ1) is 11.6. The van der Waals surface area contributed by atoms with Gasteiger partial charge in [0.1, 0.15) is 6.04 Å². The largest absolute Gasteiger partial charge is 0.374 e. The number of hydrogen-bond donors (Lipinski definition) is 2. The molecule has 4 nitrogen and oxygen atoms in total. The van der Waals surface area contributed by atoms with Gasteiger partial charge in [-0.3, -0.25) is 14.9 Å². The Morgan fingerprint density at radius 3 is 3.00 bits per heavy atom. The van der Waals surface area contributed by atoms with Crippen LogP contribution in [0.2, 0.25) is 0 Å². The van der Waals surface area contributed by atoms with Crippen LogP contribution in [-0.2, 0) is 9.59 Å². The van der Waals surface area contributed by atoms with Crippen molar-refractivity contribution in [3.8, 4) is 0 Å².